The molecule has 1 saturated carbocycles. The van der Waals surface area contributed by atoms with Gasteiger partial charge in [0.05, 0.1) is 10.8 Å². The molecule has 21 heavy (non-hydrogen) atoms. The van der Waals surface area contributed by atoms with Gasteiger partial charge < -0.3 is 10.4 Å². The van der Waals surface area contributed by atoms with Gasteiger partial charge in [0.25, 0.3) is 5.69 Å². The molecule has 7 heteroatoms. The third-order valence-electron chi connectivity index (χ3n) is 3.84. The van der Waals surface area contributed by atoms with Gasteiger partial charge in [-0.3, -0.25) is 14.9 Å². The van der Waals surface area contributed by atoms with Crippen LogP contribution in [-0.2, 0) is 11.3 Å². The summed E-state index contributed by atoms with van der Waals surface area (Å²) in [5.41, 5.74) is 0.544. The fourth-order valence-corrected chi connectivity index (χ4v) is 2.92. The predicted octanol–water partition coefficient (Wildman–Crippen LogP) is 2.98. The van der Waals surface area contributed by atoms with Crippen LogP contribution in [0, 0.1) is 16.0 Å². The molecule has 0 saturated heterocycles. The number of nitro benzene ring substituents is 1. The van der Waals surface area contributed by atoms with E-state index in [9.17, 15) is 14.9 Å². The molecule has 0 spiro atoms. The molecule has 0 bridgehead atoms. The van der Waals surface area contributed by atoms with Gasteiger partial charge in [0.15, 0.2) is 0 Å². The van der Waals surface area contributed by atoms with Gasteiger partial charge in [-0.25, -0.2) is 0 Å². The highest BCUT2D eigenvalue weighted by atomic mass is 35.5. The van der Waals surface area contributed by atoms with Gasteiger partial charge in [0.1, 0.15) is 0 Å². The summed E-state index contributed by atoms with van der Waals surface area (Å²) in [5.74, 6) is -1.10. The number of nitrogens with zero attached hydrogens (tertiary/aromatic N) is 1. The maximum absolute atomic E-state index is 11.0. The molecule has 1 aliphatic rings. The Hall–Kier alpha value is -1.66. The highest BCUT2D eigenvalue weighted by Crippen LogP contribution is 2.26. The maximum atomic E-state index is 11.0. The smallest absolute Gasteiger partial charge is 0.306 e. The zero-order valence-corrected chi connectivity index (χ0v) is 12.2. The molecule has 1 fully saturated rings. The fourth-order valence-electron chi connectivity index (χ4n) is 2.73. The molecule has 1 aliphatic carbocycles. The number of rotatable bonds is 5. The lowest BCUT2D eigenvalue weighted by Crippen LogP contribution is -2.36. The Bertz CT molecular complexity index is 550. The highest BCUT2D eigenvalue weighted by molar-refractivity contribution is 6.30. The fraction of sp³-hybridized carbons (Fsp3) is 0.500. The van der Waals surface area contributed by atoms with E-state index in [4.69, 9.17) is 16.7 Å². The van der Waals surface area contributed by atoms with Crippen molar-refractivity contribution in [2.45, 2.75) is 38.3 Å². The van der Waals surface area contributed by atoms with Crippen molar-refractivity contribution in [2.75, 3.05) is 0 Å². The third-order valence-corrected chi connectivity index (χ3v) is 4.08. The van der Waals surface area contributed by atoms with Crippen LogP contribution in [0.3, 0.4) is 0 Å². The molecule has 0 amide bonds. The average Bonchev–Trinajstić information content (AvgIpc) is 2.45. The van der Waals surface area contributed by atoms with Crippen molar-refractivity contribution in [3.05, 3.63) is 38.9 Å². The summed E-state index contributed by atoms with van der Waals surface area (Å²) >= 11 is 5.88. The van der Waals surface area contributed by atoms with Gasteiger partial charge in [-0.2, -0.15) is 0 Å². The Labute approximate surface area is 127 Å². The molecule has 0 aliphatic heterocycles. The molecular weight excluding hydrogens is 296 g/mol. The molecule has 2 unspecified atom stereocenters. The molecule has 2 atom stereocenters. The molecule has 1 aromatic carbocycles. The van der Waals surface area contributed by atoms with Crippen LogP contribution in [-0.4, -0.2) is 22.0 Å². The van der Waals surface area contributed by atoms with Crippen LogP contribution in [0.1, 0.15) is 31.2 Å². The summed E-state index contributed by atoms with van der Waals surface area (Å²) in [6.07, 6.45) is 3.00. The predicted molar refractivity (Wildman–Crippen MR) is 78.3 cm³/mol. The van der Waals surface area contributed by atoms with E-state index in [0.717, 1.165) is 12.8 Å². The Kier molecular flexibility index (Phi) is 5.14. The van der Waals surface area contributed by atoms with Crippen molar-refractivity contribution >= 4 is 23.3 Å². The van der Waals surface area contributed by atoms with Crippen LogP contribution < -0.4 is 5.32 Å². The van der Waals surface area contributed by atoms with Crippen LogP contribution in [0.4, 0.5) is 5.69 Å². The number of halogens is 1. The van der Waals surface area contributed by atoms with Gasteiger partial charge in [-0.05, 0) is 31.4 Å². The zero-order chi connectivity index (χ0) is 15.4. The largest absolute Gasteiger partial charge is 0.481 e. The van der Waals surface area contributed by atoms with Crippen molar-refractivity contribution in [2.24, 2.45) is 5.92 Å². The molecule has 6 nitrogen and oxygen atoms in total. The normalized spacial score (nSPS) is 22.0. The number of carboxylic acids is 1. The van der Waals surface area contributed by atoms with E-state index in [0.29, 0.717) is 30.0 Å². The minimum atomic E-state index is -0.768. The molecule has 1 aromatic rings. The lowest BCUT2D eigenvalue weighted by Gasteiger charge is -2.27. The number of carbonyl (C=O) groups is 1. The Balaban J connectivity index is 2.01. The molecule has 0 radical (unpaired) electrons. The standard InChI is InChI=1S/C14H17ClN2O4/c15-11-4-5-13(17(20)21)10(6-11)8-16-12-3-1-2-9(7-12)14(18)19/h4-6,9,12,16H,1-3,7-8H2,(H,18,19). The van der Waals surface area contributed by atoms with E-state index in [2.05, 4.69) is 5.32 Å². The quantitative estimate of drug-likeness (QED) is 0.644. The topological polar surface area (TPSA) is 92.5 Å². The van der Waals surface area contributed by atoms with Crippen LogP contribution in [0.25, 0.3) is 0 Å². The summed E-state index contributed by atoms with van der Waals surface area (Å²) in [6, 6.07) is 4.52. The number of carboxylic acid groups (broad SMARTS) is 1. The number of aliphatic carboxylic acids is 1. The first kappa shape index (κ1) is 15.7. The molecular formula is C14H17ClN2O4. The summed E-state index contributed by atoms with van der Waals surface area (Å²) in [6.45, 7) is 0.313. The summed E-state index contributed by atoms with van der Waals surface area (Å²) in [4.78, 5) is 21.6. The van der Waals surface area contributed by atoms with E-state index in [1.165, 1.54) is 12.1 Å². The van der Waals surface area contributed by atoms with Gasteiger partial charge in [0, 0.05) is 29.2 Å². The minimum absolute atomic E-state index is 0.0255. The van der Waals surface area contributed by atoms with Gasteiger partial charge in [-0.15, -0.1) is 0 Å². The van der Waals surface area contributed by atoms with Crippen LogP contribution in [0.5, 0.6) is 0 Å². The molecule has 2 rings (SSSR count). The molecule has 2 N–H and O–H groups in total. The second-order valence-electron chi connectivity index (χ2n) is 5.31. The zero-order valence-electron chi connectivity index (χ0n) is 11.4. The van der Waals surface area contributed by atoms with Gasteiger partial charge in [0.2, 0.25) is 0 Å². The summed E-state index contributed by atoms with van der Waals surface area (Å²) in [5, 5.41) is 23.7. The Morgan fingerprint density at radius 1 is 1.48 bits per heavy atom. The number of nitrogens with one attached hydrogen (secondary N) is 1. The van der Waals surface area contributed by atoms with Gasteiger partial charge >= 0.3 is 5.97 Å². The van der Waals surface area contributed by atoms with E-state index in [1.54, 1.807) is 6.07 Å². The van der Waals surface area contributed by atoms with Crippen molar-refractivity contribution in [3.8, 4) is 0 Å². The minimum Gasteiger partial charge on any atom is -0.481 e. The lowest BCUT2D eigenvalue weighted by atomic mass is 9.85. The second-order valence-corrected chi connectivity index (χ2v) is 5.75. The van der Waals surface area contributed by atoms with E-state index in [1.807, 2.05) is 0 Å². The number of hydrogen-bond donors (Lipinski definition) is 2. The van der Waals surface area contributed by atoms with Crippen molar-refractivity contribution in [3.63, 3.8) is 0 Å². The third kappa shape index (κ3) is 4.15. The lowest BCUT2D eigenvalue weighted by molar-refractivity contribution is -0.385. The molecule has 0 aromatic heterocycles. The summed E-state index contributed by atoms with van der Waals surface area (Å²) in [7, 11) is 0. The number of nitro groups is 1. The monoisotopic (exact) mass is 312 g/mol. The van der Waals surface area contributed by atoms with Crippen molar-refractivity contribution in [1.29, 1.82) is 0 Å². The van der Waals surface area contributed by atoms with E-state index >= 15 is 0 Å². The first-order chi connectivity index (χ1) is 9.97. The van der Waals surface area contributed by atoms with E-state index < -0.39 is 10.9 Å². The molecule has 0 heterocycles. The Morgan fingerprint density at radius 3 is 2.90 bits per heavy atom. The van der Waals surface area contributed by atoms with Crippen LogP contribution in [0.2, 0.25) is 5.02 Å². The van der Waals surface area contributed by atoms with Gasteiger partial charge in [-0.1, -0.05) is 18.0 Å². The van der Waals surface area contributed by atoms with E-state index in [-0.39, 0.29) is 17.6 Å². The number of hydrogen-bond acceptors (Lipinski definition) is 4. The SMILES string of the molecule is O=C(O)C1CCCC(NCc2cc(Cl)ccc2[N+](=O)[O-])C1. The Morgan fingerprint density at radius 2 is 2.24 bits per heavy atom. The van der Waals surface area contributed by atoms with Crippen LogP contribution >= 0.6 is 11.6 Å². The average molecular weight is 313 g/mol. The van der Waals surface area contributed by atoms with Crippen molar-refractivity contribution in [1.82, 2.24) is 5.32 Å². The highest BCUT2D eigenvalue weighted by Gasteiger charge is 2.27. The first-order valence-corrected chi connectivity index (χ1v) is 7.24. The maximum Gasteiger partial charge on any atom is 0.306 e. The van der Waals surface area contributed by atoms with Crippen molar-refractivity contribution < 1.29 is 14.8 Å². The van der Waals surface area contributed by atoms with Crippen LogP contribution in [0.15, 0.2) is 18.2 Å². The second kappa shape index (κ2) is 6.87. The summed E-state index contributed by atoms with van der Waals surface area (Å²) < 4.78 is 0. The first-order valence-electron chi connectivity index (χ1n) is 6.86. The number of benzene rings is 1. The molecule has 114 valence electrons.